The van der Waals surface area contributed by atoms with E-state index in [0.29, 0.717) is 6.54 Å². The van der Waals surface area contributed by atoms with E-state index in [1.807, 2.05) is 73.6 Å². The average Bonchev–Trinajstić information content (AvgIpc) is 2.48. The van der Waals surface area contributed by atoms with Crippen LogP contribution in [0.25, 0.3) is 6.08 Å². The van der Waals surface area contributed by atoms with E-state index in [0.717, 1.165) is 16.7 Å². The van der Waals surface area contributed by atoms with Gasteiger partial charge in [-0.15, -0.1) is 0 Å². The fourth-order valence-electron chi connectivity index (χ4n) is 2.24. The lowest BCUT2D eigenvalue weighted by atomic mass is 9.99. The van der Waals surface area contributed by atoms with Crippen LogP contribution in [0.15, 0.2) is 60.2 Å². The molecule has 0 bridgehead atoms. The number of Topliss-reactive ketones (excluding diaryl/α,β-unsaturated/α-hetero) is 1. The predicted octanol–water partition coefficient (Wildman–Crippen LogP) is 3.82. The first kappa shape index (κ1) is 15.2. The molecule has 2 aromatic rings. The van der Waals surface area contributed by atoms with Crippen LogP contribution in [0.1, 0.15) is 21.5 Å². The number of ketones is 1. The topological polar surface area (TPSA) is 20.3 Å². The van der Waals surface area contributed by atoms with E-state index in [9.17, 15) is 4.79 Å². The van der Waals surface area contributed by atoms with Crippen LogP contribution in [0.5, 0.6) is 0 Å². The van der Waals surface area contributed by atoms with Crippen molar-refractivity contribution in [3.05, 3.63) is 76.9 Å². The fraction of sp³-hybridized carbons (Fsp3) is 0.211. The molecule has 2 rings (SSSR count). The lowest BCUT2D eigenvalue weighted by Crippen LogP contribution is -2.20. The highest BCUT2D eigenvalue weighted by Crippen LogP contribution is 2.16. The van der Waals surface area contributed by atoms with Gasteiger partial charge in [-0.2, -0.15) is 0 Å². The molecule has 0 unspecified atom stereocenters. The zero-order chi connectivity index (χ0) is 15.2. The van der Waals surface area contributed by atoms with Gasteiger partial charge in [0.05, 0.1) is 0 Å². The molecule has 0 fully saturated rings. The van der Waals surface area contributed by atoms with Crippen molar-refractivity contribution < 1.29 is 4.79 Å². The molecule has 2 aromatic carbocycles. The van der Waals surface area contributed by atoms with Crippen molar-refractivity contribution in [2.24, 2.45) is 0 Å². The maximum Gasteiger partial charge on any atom is 0.190 e. The Hall–Kier alpha value is -2.19. The molecule has 0 atom stereocenters. The Bertz CT molecular complexity index is 642. The van der Waals surface area contributed by atoms with E-state index < -0.39 is 0 Å². The molecule has 0 heterocycles. The molecule has 0 aliphatic carbocycles. The SMILES string of the molecule is Cc1ccccc1/C=C(\CN(C)C)C(=O)c1ccccc1. The first-order valence-electron chi connectivity index (χ1n) is 7.08. The summed E-state index contributed by atoms with van der Waals surface area (Å²) in [5.41, 5.74) is 3.81. The Morgan fingerprint density at radius 1 is 1.00 bits per heavy atom. The van der Waals surface area contributed by atoms with Crippen LogP contribution < -0.4 is 0 Å². The number of hydrogen-bond donors (Lipinski definition) is 0. The number of carbonyl (C=O) groups excluding carboxylic acids is 1. The third-order valence-electron chi connectivity index (χ3n) is 3.33. The van der Waals surface area contributed by atoms with E-state index in [4.69, 9.17) is 0 Å². The number of aryl methyl sites for hydroxylation is 1. The summed E-state index contributed by atoms with van der Waals surface area (Å²) < 4.78 is 0. The fourth-order valence-corrected chi connectivity index (χ4v) is 2.24. The van der Waals surface area contributed by atoms with E-state index in [1.165, 1.54) is 5.56 Å². The average molecular weight is 279 g/mol. The predicted molar refractivity (Wildman–Crippen MR) is 88.5 cm³/mol. The largest absolute Gasteiger partial charge is 0.305 e. The van der Waals surface area contributed by atoms with E-state index in [-0.39, 0.29) is 5.78 Å². The molecule has 0 aliphatic rings. The first-order chi connectivity index (χ1) is 10.1. The molecule has 0 aliphatic heterocycles. The van der Waals surface area contributed by atoms with Crippen molar-refractivity contribution in [1.82, 2.24) is 4.90 Å². The zero-order valence-corrected chi connectivity index (χ0v) is 12.8. The lowest BCUT2D eigenvalue weighted by molar-refractivity contribution is 0.102. The quantitative estimate of drug-likeness (QED) is 0.612. The molecule has 2 nitrogen and oxygen atoms in total. The van der Waals surface area contributed by atoms with E-state index in [2.05, 4.69) is 13.0 Å². The summed E-state index contributed by atoms with van der Waals surface area (Å²) in [5.74, 6) is 0.0903. The number of nitrogens with zero attached hydrogens (tertiary/aromatic N) is 1. The first-order valence-corrected chi connectivity index (χ1v) is 7.08. The monoisotopic (exact) mass is 279 g/mol. The van der Waals surface area contributed by atoms with Crippen molar-refractivity contribution in [3.8, 4) is 0 Å². The molecule has 0 aromatic heterocycles. The number of rotatable bonds is 5. The molecule has 21 heavy (non-hydrogen) atoms. The summed E-state index contributed by atoms with van der Waals surface area (Å²) in [6, 6.07) is 17.6. The van der Waals surface area contributed by atoms with E-state index >= 15 is 0 Å². The van der Waals surface area contributed by atoms with Gasteiger partial charge in [0.15, 0.2) is 5.78 Å². The van der Waals surface area contributed by atoms with Gasteiger partial charge in [0, 0.05) is 17.7 Å². The highest BCUT2D eigenvalue weighted by atomic mass is 16.1. The van der Waals surface area contributed by atoms with Crippen molar-refractivity contribution in [3.63, 3.8) is 0 Å². The Labute approximate surface area is 126 Å². The molecule has 0 saturated heterocycles. The molecule has 0 spiro atoms. The lowest BCUT2D eigenvalue weighted by Gasteiger charge is -2.13. The second-order valence-corrected chi connectivity index (χ2v) is 5.46. The highest BCUT2D eigenvalue weighted by Gasteiger charge is 2.13. The van der Waals surface area contributed by atoms with Crippen LogP contribution in [0.4, 0.5) is 0 Å². The maximum absolute atomic E-state index is 12.7. The summed E-state index contributed by atoms with van der Waals surface area (Å²) in [7, 11) is 3.95. The third kappa shape index (κ3) is 4.14. The zero-order valence-electron chi connectivity index (χ0n) is 12.8. The molecule has 0 saturated carbocycles. The van der Waals surface area contributed by atoms with Crippen LogP contribution in [0.2, 0.25) is 0 Å². The molecule has 108 valence electrons. The number of benzene rings is 2. The van der Waals surface area contributed by atoms with Gasteiger partial charge in [-0.3, -0.25) is 4.79 Å². The van der Waals surface area contributed by atoms with Crippen LogP contribution >= 0.6 is 0 Å². The van der Waals surface area contributed by atoms with Crippen LogP contribution in [-0.2, 0) is 0 Å². The number of hydrogen-bond acceptors (Lipinski definition) is 2. The molecular formula is C19H21NO. The minimum absolute atomic E-state index is 0.0903. The molecule has 0 amide bonds. The van der Waals surface area contributed by atoms with Gasteiger partial charge >= 0.3 is 0 Å². The van der Waals surface area contributed by atoms with E-state index in [1.54, 1.807) is 0 Å². The minimum atomic E-state index is 0.0903. The maximum atomic E-state index is 12.7. The van der Waals surface area contributed by atoms with Crippen LogP contribution in [-0.4, -0.2) is 31.3 Å². The van der Waals surface area contributed by atoms with Crippen molar-refractivity contribution >= 4 is 11.9 Å². The highest BCUT2D eigenvalue weighted by molar-refractivity contribution is 6.11. The van der Waals surface area contributed by atoms with Gasteiger partial charge in [0.2, 0.25) is 0 Å². The van der Waals surface area contributed by atoms with Crippen molar-refractivity contribution in [1.29, 1.82) is 0 Å². The summed E-state index contributed by atoms with van der Waals surface area (Å²) in [6.45, 7) is 2.69. The van der Waals surface area contributed by atoms with Crippen molar-refractivity contribution in [2.45, 2.75) is 6.92 Å². The third-order valence-corrected chi connectivity index (χ3v) is 3.33. The standard InChI is InChI=1S/C19H21NO/c1-15-9-7-8-12-17(15)13-18(14-20(2)3)19(21)16-10-5-4-6-11-16/h4-13H,14H2,1-3H3/b18-13+. The summed E-state index contributed by atoms with van der Waals surface area (Å²) in [6.07, 6.45) is 2.00. The van der Waals surface area contributed by atoms with Gasteiger partial charge in [-0.25, -0.2) is 0 Å². The Morgan fingerprint density at radius 3 is 2.24 bits per heavy atom. The minimum Gasteiger partial charge on any atom is -0.305 e. The second-order valence-electron chi connectivity index (χ2n) is 5.46. The number of carbonyl (C=O) groups is 1. The van der Waals surface area contributed by atoms with Gasteiger partial charge in [0.25, 0.3) is 0 Å². The van der Waals surface area contributed by atoms with Gasteiger partial charge in [0.1, 0.15) is 0 Å². The Balaban J connectivity index is 2.39. The van der Waals surface area contributed by atoms with Gasteiger partial charge in [-0.05, 0) is 38.2 Å². The normalized spacial score (nSPS) is 11.7. The molecule has 2 heteroatoms. The van der Waals surface area contributed by atoms with Gasteiger partial charge < -0.3 is 4.90 Å². The molecule has 0 N–H and O–H groups in total. The molecular weight excluding hydrogens is 258 g/mol. The van der Waals surface area contributed by atoms with Crippen LogP contribution in [0, 0.1) is 6.92 Å². The number of likely N-dealkylation sites (N-methyl/N-ethyl adjacent to an activating group) is 1. The second kappa shape index (κ2) is 7.00. The smallest absolute Gasteiger partial charge is 0.190 e. The Kier molecular flexibility index (Phi) is 5.07. The molecule has 0 radical (unpaired) electrons. The van der Waals surface area contributed by atoms with Crippen molar-refractivity contribution in [2.75, 3.05) is 20.6 Å². The Morgan fingerprint density at radius 2 is 1.62 bits per heavy atom. The summed E-state index contributed by atoms with van der Waals surface area (Å²) >= 11 is 0. The summed E-state index contributed by atoms with van der Waals surface area (Å²) in [5, 5.41) is 0. The summed E-state index contributed by atoms with van der Waals surface area (Å²) in [4.78, 5) is 14.7. The van der Waals surface area contributed by atoms with Crippen LogP contribution in [0.3, 0.4) is 0 Å². The van der Waals surface area contributed by atoms with Gasteiger partial charge in [-0.1, -0.05) is 54.6 Å².